The maximum atomic E-state index is 12.9. The summed E-state index contributed by atoms with van der Waals surface area (Å²) in [7, 11) is -3.52. The third kappa shape index (κ3) is 3.94. The van der Waals surface area contributed by atoms with E-state index in [0.717, 1.165) is 24.8 Å². The maximum absolute atomic E-state index is 12.9. The van der Waals surface area contributed by atoms with Gasteiger partial charge in [-0.2, -0.15) is 4.31 Å². The molecule has 26 heavy (non-hydrogen) atoms. The van der Waals surface area contributed by atoms with E-state index in [1.165, 1.54) is 4.31 Å². The molecule has 2 heterocycles. The number of sulfonamides is 1. The predicted molar refractivity (Wildman–Crippen MR) is 99.5 cm³/mol. The number of rotatable bonds is 5. The van der Waals surface area contributed by atoms with E-state index < -0.39 is 10.0 Å². The van der Waals surface area contributed by atoms with Gasteiger partial charge < -0.3 is 9.64 Å². The molecule has 0 aromatic heterocycles. The number of piperazine rings is 1. The lowest BCUT2D eigenvalue weighted by Gasteiger charge is -2.35. The van der Waals surface area contributed by atoms with E-state index in [1.807, 2.05) is 12.1 Å². The Morgan fingerprint density at radius 1 is 1.19 bits per heavy atom. The lowest BCUT2D eigenvalue weighted by Crippen LogP contribution is -2.52. The van der Waals surface area contributed by atoms with Gasteiger partial charge in [-0.15, -0.1) is 0 Å². The Bertz CT molecular complexity index is 718. The topological polar surface area (TPSA) is 66.9 Å². The second kappa shape index (κ2) is 8.06. The Morgan fingerprint density at radius 3 is 2.38 bits per heavy atom. The van der Waals surface area contributed by atoms with Crippen molar-refractivity contribution in [2.24, 2.45) is 0 Å². The second-order valence-electron chi connectivity index (χ2n) is 7.11. The van der Waals surface area contributed by atoms with Crippen LogP contribution in [0.2, 0.25) is 0 Å². The van der Waals surface area contributed by atoms with Crippen molar-refractivity contribution in [3.05, 3.63) is 29.8 Å². The number of benzene rings is 1. The van der Waals surface area contributed by atoms with E-state index in [9.17, 15) is 13.2 Å². The van der Waals surface area contributed by atoms with Crippen molar-refractivity contribution in [1.82, 2.24) is 9.21 Å². The molecule has 0 N–H and O–H groups in total. The third-order valence-corrected chi connectivity index (χ3v) is 7.37. The molecule has 0 bridgehead atoms. The van der Waals surface area contributed by atoms with Crippen molar-refractivity contribution < 1.29 is 17.9 Å². The van der Waals surface area contributed by atoms with E-state index in [-0.39, 0.29) is 12.0 Å². The summed E-state index contributed by atoms with van der Waals surface area (Å²) in [5, 5.41) is 0. The SMILES string of the molecule is CCC(C)c1ccc(S(=O)(=O)N2CCN(C(=O)C3CCCO3)CC2)cc1. The van der Waals surface area contributed by atoms with Gasteiger partial charge in [0.2, 0.25) is 10.0 Å². The van der Waals surface area contributed by atoms with Gasteiger partial charge in [-0.05, 0) is 42.9 Å². The van der Waals surface area contributed by atoms with Crippen LogP contribution in [0, 0.1) is 0 Å². The summed E-state index contributed by atoms with van der Waals surface area (Å²) in [5.41, 5.74) is 1.15. The molecule has 6 nitrogen and oxygen atoms in total. The quantitative estimate of drug-likeness (QED) is 0.786. The Labute approximate surface area is 156 Å². The summed E-state index contributed by atoms with van der Waals surface area (Å²) in [6.45, 7) is 6.38. The van der Waals surface area contributed by atoms with Crippen molar-refractivity contribution >= 4 is 15.9 Å². The van der Waals surface area contributed by atoms with Gasteiger partial charge in [0.05, 0.1) is 4.90 Å². The molecule has 2 atom stereocenters. The molecule has 2 aliphatic heterocycles. The molecule has 1 aromatic rings. The standard InChI is InChI=1S/C19H28N2O4S/c1-3-15(2)16-6-8-17(9-7-16)26(23,24)21-12-10-20(11-13-21)19(22)18-5-4-14-25-18/h6-9,15,18H,3-5,10-14H2,1-2H3. The number of amides is 1. The van der Waals surface area contributed by atoms with Crippen LogP contribution in [0.5, 0.6) is 0 Å². The van der Waals surface area contributed by atoms with Gasteiger partial charge in [-0.25, -0.2) is 8.42 Å². The highest BCUT2D eigenvalue weighted by Crippen LogP contribution is 2.23. The largest absolute Gasteiger partial charge is 0.368 e. The maximum Gasteiger partial charge on any atom is 0.251 e. The Kier molecular flexibility index (Phi) is 5.99. The van der Waals surface area contributed by atoms with Crippen LogP contribution in [0.4, 0.5) is 0 Å². The first-order chi connectivity index (χ1) is 12.4. The molecule has 7 heteroatoms. The van der Waals surface area contributed by atoms with Crippen molar-refractivity contribution in [2.75, 3.05) is 32.8 Å². The number of ether oxygens (including phenoxy) is 1. The number of hydrogen-bond donors (Lipinski definition) is 0. The van der Waals surface area contributed by atoms with Crippen LogP contribution in [0.25, 0.3) is 0 Å². The molecule has 0 saturated carbocycles. The van der Waals surface area contributed by atoms with Gasteiger partial charge in [0, 0.05) is 32.8 Å². The zero-order chi connectivity index (χ0) is 18.7. The lowest BCUT2D eigenvalue weighted by molar-refractivity contribution is -0.142. The molecule has 1 amide bonds. The van der Waals surface area contributed by atoms with Crippen molar-refractivity contribution in [3.8, 4) is 0 Å². The highest BCUT2D eigenvalue weighted by Gasteiger charge is 2.33. The fraction of sp³-hybridized carbons (Fsp3) is 0.632. The number of carbonyl (C=O) groups excluding carboxylic acids is 1. The average molecular weight is 381 g/mol. The van der Waals surface area contributed by atoms with Gasteiger partial charge in [0.15, 0.2) is 0 Å². The zero-order valence-electron chi connectivity index (χ0n) is 15.6. The summed E-state index contributed by atoms with van der Waals surface area (Å²) in [6.07, 6.45) is 2.36. The predicted octanol–water partition coefficient (Wildman–Crippen LogP) is 2.21. The molecule has 0 spiro atoms. The van der Waals surface area contributed by atoms with Crippen LogP contribution in [-0.4, -0.2) is 62.4 Å². The van der Waals surface area contributed by atoms with Crippen LogP contribution in [-0.2, 0) is 19.6 Å². The van der Waals surface area contributed by atoms with Crippen molar-refractivity contribution in [2.45, 2.75) is 50.0 Å². The first kappa shape index (κ1) is 19.3. The lowest BCUT2D eigenvalue weighted by atomic mass is 9.99. The Balaban J connectivity index is 1.63. The number of hydrogen-bond acceptors (Lipinski definition) is 4. The van der Waals surface area contributed by atoms with E-state index in [0.29, 0.717) is 43.6 Å². The monoisotopic (exact) mass is 380 g/mol. The minimum atomic E-state index is -3.52. The van der Waals surface area contributed by atoms with Gasteiger partial charge >= 0.3 is 0 Å². The van der Waals surface area contributed by atoms with E-state index in [2.05, 4.69) is 13.8 Å². The Morgan fingerprint density at radius 2 is 1.85 bits per heavy atom. The van der Waals surface area contributed by atoms with Crippen LogP contribution >= 0.6 is 0 Å². The molecule has 0 aliphatic carbocycles. The minimum Gasteiger partial charge on any atom is -0.368 e. The number of carbonyl (C=O) groups is 1. The number of nitrogens with zero attached hydrogens (tertiary/aromatic N) is 2. The second-order valence-corrected chi connectivity index (χ2v) is 9.05. The highest BCUT2D eigenvalue weighted by molar-refractivity contribution is 7.89. The smallest absolute Gasteiger partial charge is 0.251 e. The highest BCUT2D eigenvalue weighted by atomic mass is 32.2. The normalized spacial score (nSPS) is 23.2. The van der Waals surface area contributed by atoms with E-state index in [1.54, 1.807) is 17.0 Å². The molecular formula is C19H28N2O4S. The molecule has 2 saturated heterocycles. The van der Waals surface area contributed by atoms with Crippen LogP contribution in [0.1, 0.15) is 44.6 Å². The zero-order valence-corrected chi connectivity index (χ0v) is 16.4. The first-order valence-electron chi connectivity index (χ1n) is 9.44. The van der Waals surface area contributed by atoms with Crippen LogP contribution in [0.3, 0.4) is 0 Å². The summed E-state index contributed by atoms with van der Waals surface area (Å²) in [4.78, 5) is 14.4. The first-order valence-corrected chi connectivity index (χ1v) is 10.9. The average Bonchev–Trinajstić information content (AvgIpc) is 3.21. The van der Waals surface area contributed by atoms with Crippen LogP contribution in [0.15, 0.2) is 29.2 Å². The van der Waals surface area contributed by atoms with Gasteiger partial charge in [0.25, 0.3) is 5.91 Å². The van der Waals surface area contributed by atoms with Gasteiger partial charge in [0.1, 0.15) is 6.10 Å². The van der Waals surface area contributed by atoms with E-state index >= 15 is 0 Å². The molecule has 2 aliphatic rings. The summed E-state index contributed by atoms with van der Waals surface area (Å²) < 4.78 is 32.7. The molecule has 3 rings (SSSR count). The summed E-state index contributed by atoms with van der Waals surface area (Å²) in [5.74, 6) is 0.413. The Hall–Kier alpha value is -1.44. The van der Waals surface area contributed by atoms with Gasteiger partial charge in [-0.3, -0.25) is 4.79 Å². The third-order valence-electron chi connectivity index (χ3n) is 5.45. The fourth-order valence-corrected chi connectivity index (χ4v) is 4.90. The molecular weight excluding hydrogens is 352 g/mol. The molecule has 144 valence electrons. The molecule has 2 unspecified atom stereocenters. The summed E-state index contributed by atoms with van der Waals surface area (Å²) >= 11 is 0. The molecule has 2 fully saturated rings. The van der Waals surface area contributed by atoms with Gasteiger partial charge in [-0.1, -0.05) is 26.0 Å². The van der Waals surface area contributed by atoms with E-state index in [4.69, 9.17) is 4.74 Å². The fourth-order valence-electron chi connectivity index (χ4n) is 3.48. The van der Waals surface area contributed by atoms with Crippen molar-refractivity contribution in [1.29, 1.82) is 0 Å². The molecule has 1 aromatic carbocycles. The van der Waals surface area contributed by atoms with Crippen molar-refractivity contribution in [3.63, 3.8) is 0 Å². The minimum absolute atomic E-state index is 0.00236. The van der Waals surface area contributed by atoms with Crippen LogP contribution < -0.4 is 0 Å². The summed E-state index contributed by atoms with van der Waals surface area (Å²) in [6, 6.07) is 7.19. The molecule has 0 radical (unpaired) electrons.